The maximum absolute atomic E-state index is 8.43. The molecule has 0 fully saturated rings. The molecule has 0 amide bonds. The molecule has 0 aromatic carbocycles. The van der Waals surface area contributed by atoms with Gasteiger partial charge in [0.2, 0.25) is 0 Å². The molecule has 0 heterocycles. The van der Waals surface area contributed by atoms with Crippen molar-refractivity contribution < 1.29 is 40.1 Å². The van der Waals surface area contributed by atoms with Crippen LogP contribution in [0.3, 0.4) is 0 Å². The Balaban J connectivity index is -0.000000283. The van der Waals surface area contributed by atoms with Gasteiger partial charge >= 0.3 is 0 Å². The molecule has 0 aliphatic heterocycles. The zero-order valence-electron chi connectivity index (χ0n) is 15.6. The second-order valence-electron chi connectivity index (χ2n) is 6.63. The first-order chi connectivity index (χ1) is 11.2. The molecule has 0 aliphatic rings. The van der Waals surface area contributed by atoms with Crippen molar-refractivity contribution in [1.29, 1.82) is 0 Å². The van der Waals surface area contributed by atoms with Crippen LogP contribution in [0, 0.1) is 10.8 Å². The number of ether oxygens (including phenoxy) is 2. The molecule has 0 saturated carbocycles. The number of aliphatic hydroxyl groups excluding tert-OH is 6. The molecule has 0 atom stereocenters. The number of hydrogen-bond acceptors (Lipinski definition) is 8. The summed E-state index contributed by atoms with van der Waals surface area (Å²) in [4.78, 5) is 0. The van der Waals surface area contributed by atoms with Crippen LogP contribution in [0.25, 0.3) is 0 Å². The number of hydrogen-bond donors (Lipinski definition) is 6. The first kappa shape index (κ1) is 28.5. The van der Waals surface area contributed by atoms with Gasteiger partial charge in [-0.15, -0.1) is 0 Å². The monoisotopic (exact) mass is 358 g/mol. The van der Waals surface area contributed by atoms with Gasteiger partial charge in [0.05, 0.1) is 66.1 Å². The average Bonchev–Trinajstić information content (AvgIpc) is 2.59. The van der Waals surface area contributed by atoms with Gasteiger partial charge in [0.15, 0.2) is 0 Å². The average molecular weight is 358 g/mol. The van der Waals surface area contributed by atoms with Crippen molar-refractivity contribution in [3.05, 3.63) is 0 Å². The lowest BCUT2D eigenvalue weighted by molar-refractivity contribution is 0.0222. The highest BCUT2D eigenvalue weighted by molar-refractivity contribution is 4.63. The lowest BCUT2D eigenvalue weighted by atomic mass is 9.97. The van der Waals surface area contributed by atoms with Crippen LogP contribution in [0.1, 0.15) is 27.7 Å². The lowest BCUT2D eigenvalue weighted by Gasteiger charge is -2.16. The number of rotatable bonds is 11. The van der Waals surface area contributed by atoms with Crippen LogP contribution in [0.4, 0.5) is 0 Å². The van der Waals surface area contributed by atoms with Crippen LogP contribution >= 0.6 is 0 Å². The summed E-state index contributed by atoms with van der Waals surface area (Å²) in [5.41, 5.74) is -0.611. The first-order valence-corrected chi connectivity index (χ1v) is 7.97. The molecule has 150 valence electrons. The lowest BCUT2D eigenvalue weighted by Crippen LogP contribution is -2.20. The zero-order chi connectivity index (χ0) is 19.5. The molecule has 6 N–H and O–H groups in total. The summed E-state index contributed by atoms with van der Waals surface area (Å²) in [5.74, 6) is 0. The zero-order valence-corrected chi connectivity index (χ0v) is 15.6. The van der Waals surface area contributed by atoms with E-state index in [1.807, 2.05) is 0 Å². The van der Waals surface area contributed by atoms with E-state index in [2.05, 4.69) is 0 Å². The summed E-state index contributed by atoms with van der Waals surface area (Å²) >= 11 is 0. The summed E-state index contributed by atoms with van der Waals surface area (Å²) in [5, 5.41) is 50.3. The predicted octanol–water partition coefficient (Wildman–Crippen LogP) is -1.00. The van der Waals surface area contributed by atoms with E-state index in [1.54, 1.807) is 27.7 Å². The summed E-state index contributed by atoms with van der Waals surface area (Å²) in [6, 6.07) is 0. The molecule has 8 nitrogen and oxygen atoms in total. The van der Waals surface area contributed by atoms with Crippen molar-refractivity contribution in [2.45, 2.75) is 27.7 Å². The Morgan fingerprint density at radius 2 is 0.750 bits per heavy atom. The topological polar surface area (TPSA) is 140 Å². The van der Waals surface area contributed by atoms with Crippen LogP contribution in [0.2, 0.25) is 0 Å². The van der Waals surface area contributed by atoms with E-state index in [9.17, 15) is 0 Å². The Kier molecular flexibility index (Phi) is 22.6. The van der Waals surface area contributed by atoms with Gasteiger partial charge in [-0.1, -0.05) is 27.7 Å². The smallest absolute Gasteiger partial charge is 0.0701 e. The van der Waals surface area contributed by atoms with Gasteiger partial charge in [0.1, 0.15) is 0 Å². The maximum Gasteiger partial charge on any atom is 0.0701 e. The third-order valence-electron chi connectivity index (χ3n) is 2.56. The van der Waals surface area contributed by atoms with Crippen molar-refractivity contribution in [1.82, 2.24) is 0 Å². The maximum atomic E-state index is 8.43. The quantitative estimate of drug-likeness (QED) is 0.258. The third kappa shape index (κ3) is 26.6. The van der Waals surface area contributed by atoms with E-state index in [-0.39, 0.29) is 50.5 Å². The minimum atomic E-state index is -0.306. The SMILES string of the molecule is CC(C)(CO)CO.CC(C)(CO)CO.OCCOCCOCCO. The summed E-state index contributed by atoms with van der Waals surface area (Å²) in [6.07, 6.45) is 0. The van der Waals surface area contributed by atoms with E-state index >= 15 is 0 Å². The van der Waals surface area contributed by atoms with Gasteiger partial charge in [0, 0.05) is 10.8 Å². The van der Waals surface area contributed by atoms with Crippen molar-refractivity contribution >= 4 is 0 Å². The van der Waals surface area contributed by atoms with Gasteiger partial charge < -0.3 is 40.1 Å². The fourth-order valence-corrected chi connectivity index (χ4v) is 0.551. The van der Waals surface area contributed by atoms with Gasteiger partial charge in [-0.05, 0) is 0 Å². The fourth-order valence-electron chi connectivity index (χ4n) is 0.551. The van der Waals surface area contributed by atoms with E-state index in [4.69, 9.17) is 40.1 Å². The second kappa shape index (κ2) is 19.0. The minimum absolute atomic E-state index is 0.0417. The first-order valence-electron chi connectivity index (χ1n) is 7.97. The molecule has 0 bridgehead atoms. The van der Waals surface area contributed by atoms with Gasteiger partial charge in [-0.25, -0.2) is 0 Å². The van der Waals surface area contributed by atoms with E-state index < -0.39 is 0 Å². The van der Waals surface area contributed by atoms with Crippen molar-refractivity contribution in [3.8, 4) is 0 Å². The van der Waals surface area contributed by atoms with Crippen LogP contribution in [-0.4, -0.2) is 96.7 Å². The molecule has 24 heavy (non-hydrogen) atoms. The molecule has 0 spiro atoms. The molecular weight excluding hydrogens is 320 g/mol. The Morgan fingerprint density at radius 3 is 0.875 bits per heavy atom. The Hall–Kier alpha value is -0.320. The van der Waals surface area contributed by atoms with Crippen LogP contribution in [0.15, 0.2) is 0 Å². The fraction of sp³-hybridized carbons (Fsp3) is 1.00. The van der Waals surface area contributed by atoms with Gasteiger partial charge in [0.25, 0.3) is 0 Å². The van der Waals surface area contributed by atoms with Crippen molar-refractivity contribution in [2.24, 2.45) is 10.8 Å². The molecule has 0 aromatic heterocycles. The molecule has 0 saturated heterocycles. The molecular formula is C16H38O8. The van der Waals surface area contributed by atoms with Gasteiger partial charge in [-0.2, -0.15) is 0 Å². The van der Waals surface area contributed by atoms with E-state index in [1.165, 1.54) is 0 Å². The number of aliphatic hydroxyl groups is 6. The van der Waals surface area contributed by atoms with Gasteiger partial charge in [-0.3, -0.25) is 0 Å². The normalized spacial score (nSPS) is 11.2. The predicted molar refractivity (Wildman–Crippen MR) is 91.7 cm³/mol. The summed E-state index contributed by atoms with van der Waals surface area (Å²) in [7, 11) is 0. The van der Waals surface area contributed by atoms with E-state index in [0.29, 0.717) is 26.4 Å². The Labute approximate surface area is 145 Å². The Bertz CT molecular complexity index is 198. The van der Waals surface area contributed by atoms with Crippen LogP contribution in [0.5, 0.6) is 0 Å². The molecule has 0 aliphatic carbocycles. The molecule has 0 rings (SSSR count). The summed E-state index contributed by atoms with van der Waals surface area (Å²) < 4.78 is 9.75. The third-order valence-corrected chi connectivity index (χ3v) is 2.56. The highest BCUT2D eigenvalue weighted by Gasteiger charge is 2.13. The van der Waals surface area contributed by atoms with Crippen LogP contribution in [-0.2, 0) is 9.47 Å². The largest absolute Gasteiger partial charge is 0.396 e. The standard InChI is InChI=1S/C6H14O4.2C5H12O2/c7-1-3-9-5-6-10-4-2-8;2*1-5(2,3-6)4-7/h7-8H,1-6H2;2*6-7H,3-4H2,1-2H3. The second-order valence-corrected chi connectivity index (χ2v) is 6.63. The van der Waals surface area contributed by atoms with E-state index in [0.717, 1.165) is 0 Å². The molecule has 0 unspecified atom stereocenters. The highest BCUT2D eigenvalue weighted by atomic mass is 16.5. The van der Waals surface area contributed by atoms with Crippen LogP contribution < -0.4 is 0 Å². The molecule has 8 heteroatoms. The molecule has 0 radical (unpaired) electrons. The van der Waals surface area contributed by atoms with Crippen molar-refractivity contribution in [3.63, 3.8) is 0 Å². The Morgan fingerprint density at radius 1 is 0.500 bits per heavy atom. The van der Waals surface area contributed by atoms with Crippen molar-refractivity contribution in [2.75, 3.05) is 66.1 Å². The highest BCUT2D eigenvalue weighted by Crippen LogP contribution is 2.10. The minimum Gasteiger partial charge on any atom is -0.396 e. The summed E-state index contributed by atoms with van der Waals surface area (Å²) in [6.45, 7) is 9.10. The molecule has 0 aromatic rings.